The molecule has 5 nitrogen and oxygen atoms in total. The summed E-state index contributed by atoms with van der Waals surface area (Å²) in [6, 6.07) is 17.0. The molecule has 1 N–H and O–H groups in total. The Morgan fingerprint density at radius 2 is 1.88 bits per heavy atom. The van der Waals surface area contributed by atoms with Crippen LogP contribution in [0, 0.1) is 0 Å². The highest BCUT2D eigenvalue weighted by atomic mass is 16.3. The molecular weight excluding hydrogens is 326 g/mol. The topological polar surface area (TPSA) is 68.0 Å². The summed E-state index contributed by atoms with van der Waals surface area (Å²) in [7, 11) is 0. The van der Waals surface area contributed by atoms with E-state index in [0.717, 1.165) is 27.9 Å². The Hall–Kier alpha value is -3.47. The predicted octanol–water partition coefficient (Wildman–Crippen LogP) is 3.86. The van der Waals surface area contributed by atoms with Crippen LogP contribution in [-0.4, -0.2) is 22.4 Å². The minimum atomic E-state index is -0.120. The third-order valence-electron chi connectivity index (χ3n) is 4.17. The maximum atomic E-state index is 12.8. The molecule has 0 aliphatic rings. The summed E-state index contributed by atoms with van der Waals surface area (Å²) in [5, 5.41) is 3.80. The van der Waals surface area contributed by atoms with Gasteiger partial charge in [-0.3, -0.25) is 9.78 Å². The van der Waals surface area contributed by atoms with E-state index in [1.54, 1.807) is 18.7 Å². The minimum absolute atomic E-state index is 0.120. The maximum Gasteiger partial charge on any atom is 0.252 e. The van der Waals surface area contributed by atoms with Gasteiger partial charge in [0.2, 0.25) is 0 Å². The van der Waals surface area contributed by atoms with Gasteiger partial charge in [-0.25, -0.2) is 4.98 Å². The van der Waals surface area contributed by atoms with Crippen molar-refractivity contribution in [3.8, 4) is 11.3 Å². The fraction of sp³-hybridized carbons (Fsp3) is 0.0952. The van der Waals surface area contributed by atoms with E-state index < -0.39 is 0 Å². The second kappa shape index (κ2) is 7.19. The van der Waals surface area contributed by atoms with E-state index >= 15 is 0 Å². The van der Waals surface area contributed by atoms with Crippen LogP contribution in [0.2, 0.25) is 0 Å². The van der Waals surface area contributed by atoms with E-state index in [1.165, 1.54) is 0 Å². The van der Waals surface area contributed by atoms with Gasteiger partial charge in [-0.1, -0.05) is 18.2 Å². The first kappa shape index (κ1) is 16.0. The minimum Gasteiger partial charge on any atom is -0.469 e. The van der Waals surface area contributed by atoms with Gasteiger partial charge in [0, 0.05) is 36.3 Å². The number of hydrogen-bond donors (Lipinski definition) is 1. The summed E-state index contributed by atoms with van der Waals surface area (Å²) in [5.41, 5.74) is 3.08. The molecule has 128 valence electrons. The molecule has 3 heterocycles. The SMILES string of the molecule is O=C(NCCc1ccco1)c1cc(-c2ccncc2)nc2ccccc12. The number of benzene rings is 1. The largest absolute Gasteiger partial charge is 0.469 e. The lowest BCUT2D eigenvalue weighted by atomic mass is 10.0. The van der Waals surface area contributed by atoms with Gasteiger partial charge >= 0.3 is 0 Å². The van der Waals surface area contributed by atoms with Crippen molar-refractivity contribution < 1.29 is 9.21 Å². The molecule has 0 unspecified atom stereocenters. The molecule has 0 bridgehead atoms. The van der Waals surface area contributed by atoms with Crippen molar-refractivity contribution in [1.82, 2.24) is 15.3 Å². The summed E-state index contributed by atoms with van der Waals surface area (Å²) in [4.78, 5) is 21.5. The number of hydrogen-bond acceptors (Lipinski definition) is 4. The summed E-state index contributed by atoms with van der Waals surface area (Å²) in [6.45, 7) is 0.508. The highest BCUT2D eigenvalue weighted by Crippen LogP contribution is 2.24. The molecule has 0 radical (unpaired) electrons. The average Bonchev–Trinajstić information content (AvgIpc) is 3.21. The lowest BCUT2D eigenvalue weighted by Gasteiger charge is -2.10. The molecule has 0 spiro atoms. The zero-order valence-electron chi connectivity index (χ0n) is 14.1. The number of furan rings is 1. The van der Waals surface area contributed by atoms with Crippen LogP contribution in [0.25, 0.3) is 22.2 Å². The van der Waals surface area contributed by atoms with Crippen molar-refractivity contribution in [2.45, 2.75) is 6.42 Å². The van der Waals surface area contributed by atoms with Gasteiger partial charge in [0.05, 0.1) is 23.0 Å². The number of rotatable bonds is 5. The summed E-state index contributed by atoms with van der Waals surface area (Å²) in [5.74, 6) is 0.729. The van der Waals surface area contributed by atoms with E-state index in [1.807, 2.05) is 54.6 Å². The molecule has 0 aliphatic heterocycles. The number of fused-ring (bicyclic) bond motifs is 1. The number of nitrogens with zero attached hydrogens (tertiary/aromatic N) is 2. The van der Waals surface area contributed by atoms with Crippen LogP contribution in [0.1, 0.15) is 16.1 Å². The number of pyridine rings is 2. The number of carbonyl (C=O) groups is 1. The van der Waals surface area contributed by atoms with Gasteiger partial charge in [-0.2, -0.15) is 0 Å². The molecular formula is C21H17N3O2. The van der Waals surface area contributed by atoms with Crippen molar-refractivity contribution in [2.24, 2.45) is 0 Å². The average molecular weight is 343 g/mol. The van der Waals surface area contributed by atoms with Gasteiger partial charge in [-0.05, 0) is 36.4 Å². The Morgan fingerprint density at radius 1 is 1.04 bits per heavy atom. The molecule has 0 saturated carbocycles. The van der Waals surface area contributed by atoms with Crippen LogP contribution in [0.4, 0.5) is 0 Å². The van der Waals surface area contributed by atoms with Gasteiger partial charge in [0.1, 0.15) is 5.76 Å². The van der Waals surface area contributed by atoms with E-state index in [4.69, 9.17) is 4.42 Å². The Balaban J connectivity index is 1.65. The van der Waals surface area contributed by atoms with Crippen molar-refractivity contribution in [3.05, 3.63) is 84.6 Å². The van der Waals surface area contributed by atoms with Crippen LogP contribution in [0.5, 0.6) is 0 Å². The first-order chi connectivity index (χ1) is 12.8. The summed E-state index contributed by atoms with van der Waals surface area (Å²) >= 11 is 0. The number of amides is 1. The Morgan fingerprint density at radius 3 is 2.69 bits per heavy atom. The molecule has 5 heteroatoms. The first-order valence-electron chi connectivity index (χ1n) is 8.42. The van der Waals surface area contributed by atoms with Gasteiger partial charge in [0.25, 0.3) is 5.91 Å². The number of carbonyl (C=O) groups excluding carboxylic acids is 1. The third kappa shape index (κ3) is 3.32. The monoisotopic (exact) mass is 343 g/mol. The molecule has 4 rings (SSSR count). The zero-order valence-corrected chi connectivity index (χ0v) is 14.1. The van der Waals surface area contributed by atoms with Gasteiger partial charge in [0.15, 0.2) is 0 Å². The standard InChI is InChI=1S/C21H17N3O2/c25-21(23-12-9-16-4-3-13-26-16)18-14-20(15-7-10-22-11-8-15)24-19-6-2-1-5-17(18)19/h1-8,10-11,13-14H,9,12H2,(H,23,25). The molecule has 1 amide bonds. The predicted molar refractivity (Wildman–Crippen MR) is 99.7 cm³/mol. The lowest BCUT2D eigenvalue weighted by Crippen LogP contribution is -2.26. The maximum absolute atomic E-state index is 12.8. The van der Waals surface area contributed by atoms with E-state index in [0.29, 0.717) is 18.5 Å². The lowest BCUT2D eigenvalue weighted by molar-refractivity contribution is 0.0955. The van der Waals surface area contributed by atoms with Crippen molar-refractivity contribution >= 4 is 16.8 Å². The van der Waals surface area contributed by atoms with E-state index in [2.05, 4.69) is 15.3 Å². The smallest absolute Gasteiger partial charge is 0.252 e. The first-order valence-corrected chi connectivity index (χ1v) is 8.42. The Kier molecular flexibility index (Phi) is 4.43. The molecule has 0 fully saturated rings. The third-order valence-corrected chi connectivity index (χ3v) is 4.17. The van der Waals surface area contributed by atoms with Crippen LogP contribution < -0.4 is 5.32 Å². The molecule has 0 aliphatic carbocycles. The normalized spacial score (nSPS) is 10.8. The Bertz CT molecular complexity index is 1030. The molecule has 26 heavy (non-hydrogen) atoms. The molecule has 1 aromatic carbocycles. The van der Waals surface area contributed by atoms with E-state index in [9.17, 15) is 4.79 Å². The van der Waals surface area contributed by atoms with Crippen LogP contribution in [0.3, 0.4) is 0 Å². The quantitative estimate of drug-likeness (QED) is 0.597. The summed E-state index contributed by atoms with van der Waals surface area (Å²) < 4.78 is 5.30. The van der Waals surface area contributed by atoms with Gasteiger partial charge in [-0.15, -0.1) is 0 Å². The molecule has 3 aromatic heterocycles. The highest BCUT2D eigenvalue weighted by Gasteiger charge is 2.13. The van der Waals surface area contributed by atoms with Crippen LogP contribution in [-0.2, 0) is 6.42 Å². The zero-order chi connectivity index (χ0) is 17.8. The van der Waals surface area contributed by atoms with Crippen LogP contribution in [0.15, 0.2) is 77.7 Å². The molecule has 4 aromatic rings. The molecule has 0 saturated heterocycles. The summed E-state index contributed by atoms with van der Waals surface area (Å²) in [6.07, 6.45) is 5.72. The fourth-order valence-corrected chi connectivity index (χ4v) is 2.88. The second-order valence-electron chi connectivity index (χ2n) is 5.89. The van der Waals surface area contributed by atoms with Crippen molar-refractivity contribution in [1.29, 1.82) is 0 Å². The highest BCUT2D eigenvalue weighted by molar-refractivity contribution is 6.07. The van der Waals surface area contributed by atoms with Crippen molar-refractivity contribution in [3.63, 3.8) is 0 Å². The Labute approximate surface area is 150 Å². The number of para-hydroxylation sites is 1. The number of nitrogens with one attached hydrogen (secondary N) is 1. The van der Waals surface area contributed by atoms with Crippen molar-refractivity contribution in [2.75, 3.05) is 6.54 Å². The fourth-order valence-electron chi connectivity index (χ4n) is 2.88. The van der Waals surface area contributed by atoms with Gasteiger partial charge < -0.3 is 9.73 Å². The number of aromatic nitrogens is 2. The van der Waals surface area contributed by atoms with E-state index in [-0.39, 0.29) is 5.91 Å². The molecule has 0 atom stereocenters. The van der Waals surface area contributed by atoms with Crippen LogP contribution >= 0.6 is 0 Å². The second-order valence-corrected chi connectivity index (χ2v) is 5.89.